The molecule has 0 amide bonds. The van der Waals surface area contributed by atoms with Gasteiger partial charge >= 0.3 is 0 Å². The Balaban J connectivity index is 2.39. The van der Waals surface area contributed by atoms with Crippen molar-refractivity contribution in [2.24, 2.45) is 0 Å². The van der Waals surface area contributed by atoms with Crippen molar-refractivity contribution in [2.45, 2.75) is 18.7 Å². The van der Waals surface area contributed by atoms with Crippen molar-refractivity contribution in [2.75, 3.05) is 17.6 Å². The molecule has 0 heterocycles. The van der Waals surface area contributed by atoms with E-state index in [1.807, 2.05) is 13.0 Å². The number of anilines is 2. The van der Waals surface area contributed by atoms with Crippen molar-refractivity contribution in [3.8, 4) is 5.75 Å². The fourth-order valence-corrected chi connectivity index (χ4v) is 3.06. The summed E-state index contributed by atoms with van der Waals surface area (Å²) < 4.78 is 32.6. The van der Waals surface area contributed by atoms with Crippen molar-refractivity contribution in [3.05, 3.63) is 47.5 Å². The van der Waals surface area contributed by atoms with Gasteiger partial charge in [0.25, 0.3) is 10.0 Å². The molecule has 0 aromatic heterocycles. The third-order valence-corrected chi connectivity index (χ3v) is 4.52. The van der Waals surface area contributed by atoms with E-state index in [9.17, 15) is 8.42 Å². The SMILES string of the molecule is COc1cc(C)ccc1NS(=O)(=O)c1ccc(N)c(C)c1. The minimum Gasteiger partial charge on any atom is -0.495 e. The first-order valence-corrected chi connectivity index (χ1v) is 7.85. The van der Waals surface area contributed by atoms with E-state index in [1.54, 1.807) is 31.2 Å². The van der Waals surface area contributed by atoms with Gasteiger partial charge in [0.2, 0.25) is 0 Å². The molecule has 0 spiro atoms. The zero-order valence-electron chi connectivity index (χ0n) is 12.2. The second-order valence-electron chi connectivity index (χ2n) is 4.83. The molecule has 0 atom stereocenters. The molecule has 0 aliphatic heterocycles. The summed E-state index contributed by atoms with van der Waals surface area (Å²) in [5.74, 6) is 0.478. The second-order valence-corrected chi connectivity index (χ2v) is 6.51. The molecule has 0 fully saturated rings. The van der Waals surface area contributed by atoms with Crippen molar-refractivity contribution in [1.29, 1.82) is 0 Å². The molecule has 5 nitrogen and oxygen atoms in total. The van der Waals surface area contributed by atoms with Crippen LogP contribution in [0.15, 0.2) is 41.3 Å². The summed E-state index contributed by atoms with van der Waals surface area (Å²) in [5.41, 5.74) is 8.37. The molecule has 3 N–H and O–H groups in total. The van der Waals surface area contributed by atoms with E-state index >= 15 is 0 Å². The monoisotopic (exact) mass is 306 g/mol. The van der Waals surface area contributed by atoms with Gasteiger partial charge in [0.15, 0.2) is 0 Å². The van der Waals surface area contributed by atoms with Crippen LogP contribution in [0.25, 0.3) is 0 Å². The smallest absolute Gasteiger partial charge is 0.262 e. The molecule has 0 unspecified atom stereocenters. The number of benzene rings is 2. The van der Waals surface area contributed by atoms with Crippen LogP contribution in [0, 0.1) is 13.8 Å². The lowest BCUT2D eigenvalue weighted by molar-refractivity contribution is 0.416. The fourth-order valence-electron chi connectivity index (χ4n) is 1.90. The first-order chi connectivity index (χ1) is 9.83. The standard InChI is InChI=1S/C15H18N2O3S/c1-10-4-7-14(15(8-10)20-3)17-21(18,19)12-5-6-13(16)11(2)9-12/h4-9,17H,16H2,1-3H3. The van der Waals surface area contributed by atoms with E-state index in [-0.39, 0.29) is 4.90 Å². The predicted molar refractivity (Wildman–Crippen MR) is 84.1 cm³/mol. The maximum absolute atomic E-state index is 12.4. The Morgan fingerprint density at radius 1 is 1.10 bits per heavy atom. The Morgan fingerprint density at radius 2 is 1.81 bits per heavy atom. The molecule has 0 saturated carbocycles. The third kappa shape index (κ3) is 3.28. The first kappa shape index (κ1) is 15.2. The quantitative estimate of drug-likeness (QED) is 0.851. The average Bonchev–Trinajstić information content (AvgIpc) is 2.43. The predicted octanol–water partition coefficient (Wildman–Crippen LogP) is 2.70. The summed E-state index contributed by atoms with van der Waals surface area (Å²) in [5, 5.41) is 0. The molecule has 112 valence electrons. The van der Waals surface area contributed by atoms with Gasteiger partial charge in [-0.1, -0.05) is 6.07 Å². The molecule has 6 heteroatoms. The number of ether oxygens (including phenoxy) is 1. The lowest BCUT2D eigenvalue weighted by Gasteiger charge is -2.13. The minimum absolute atomic E-state index is 0.164. The summed E-state index contributed by atoms with van der Waals surface area (Å²) >= 11 is 0. The third-order valence-electron chi connectivity index (χ3n) is 3.15. The Bertz CT molecular complexity index is 770. The van der Waals surface area contributed by atoms with Gasteiger partial charge in [0.05, 0.1) is 17.7 Å². The Labute approximate surface area is 124 Å². The van der Waals surface area contributed by atoms with Crippen molar-refractivity contribution >= 4 is 21.4 Å². The summed E-state index contributed by atoms with van der Waals surface area (Å²) in [4.78, 5) is 0.164. The maximum atomic E-state index is 12.4. The highest BCUT2D eigenvalue weighted by molar-refractivity contribution is 7.92. The Hall–Kier alpha value is -2.21. The number of nitrogens with one attached hydrogen (secondary N) is 1. The molecule has 0 aliphatic carbocycles. The fraction of sp³-hybridized carbons (Fsp3) is 0.200. The van der Waals surface area contributed by atoms with Gasteiger partial charge in [-0.05, 0) is 55.3 Å². The Morgan fingerprint density at radius 3 is 2.43 bits per heavy atom. The van der Waals surface area contributed by atoms with E-state index in [0.29, 0.717) is 22.7 Å². The zero-order valence-corrected chi connectivity index (χ0v) is 13.0. The first-order valence-electron chi connectivity index (χ1n) is 6.37. The summed E-state index contributed by atoms with van der Waals surface area (Å²) in [7, 11) is -2.18. The maximum Gasteiger partial charge on any atom is 0.262 e. The summed E-state index contributed by atoms with van der Waals surface area (Å²) in [6.07, 6.45) is 0. The zero-order chi connectivity index (χ0) is 15.6. The van der Waals surface area contributed by atoms with Crippen LogP contribution in [0.3, 0.4) is 0 Å². The van der Waals surface area contributed by atoms with E-state index in [0.717, 1.165) is 5.56 Å². The lowest BCUT2D eigenvalue weighted by Crippen LogP contribution is -2.14. The normalized spacial score (nSPS) is 11.2. The molecule has 0 bridgehead atoms. The number of rotatable bonds is 4. The van der Waals surface area contributed by atoms with Crippen molar-refractivity contribution in [1.82, 2.24) is 0 Å². The molecule has 0 radical (unpaired) electrons. The molecule has 2 rings (SSSR count). The number of hydrogen-bond acceptors (Lipinski definition) is 4. The highest BCUT2D eigenvalue weighted by atomic mass is 32.2. The van der Waals surface area contributed by atoms with Crippen molar-refractivity contribution in [3.63, 3.8) is 0 Å². The molecule has 21 heavy (non-hydrogen) atoms. The van der Waals surface area contributed by atoms with E-state index in [2.05, 4.69) is 4.72 Å². The van der Waals surface area contributed by atoms with Crippen LogP contribution in [0.5, 0.6) is 5.75 Å². The van der Waals surface area contributed by atoms with E-state index in [4.69, 9.17) is 10.5 Å². The Kier molecular flexibility index (Phi) is 4.09. The highest BCUT2D eigenvalue weighted by Gasteiger charge is 2.17. The average molecular weight is 306 g/mol. The van der Waals surface area contributed by atoms with Crippen LogP contribution in [0.4, 0.5) is 11.4 Å². The van der Waals surface area contributed by atoms with Gasteiger partial charge in [-0.25, -0.2) is 8.42 Å². The van der Waals surface area contributed by atoms with Crippen LogP contribution in [0.2, 0.25) is 0 Å². The van der Waals surface area contributed by atoms with Gasteiger partial charge in [0, 0.05) is 5.69 Å². The van der Waals surface area contributed by atoms with Crippen LogP contribution in [0.1, 0.15) is 11.1 Å². The largest absolute Gasteiger partial charge is 0.495 e. The molecule has 2 aromatic carbocycles. The van der Waals surface area contributed by atoms with Crippen LogP contribution in [-0.4, -0.2) is 15.5 Å². The summed E-state index contributed by atoms with van der Waals surface area (Å²) in [6, 6.07) is 9.86. The second kappa shape index (κ2) is 5.65. The molecular formula is C15H18N2O3S. The topological polar surface area (TPSA) is 81.4 Å². The van der Waals surface area contributed by atoms with Gasteiger partial charge < -0.3 is 10.5 Å². The van der Waals surface area contributed by atoms with Gasteiger partial charge in [-0.3, -0.25) is 4.72 Å². The number of aryl methyl sites for hydroxylation is 2. The highest BCUT2D eigenvalue weighted by Crippen LogP contribution is 2.28. The summed E-state index contributed by atoms with van der Waals surface area (Å²) in [6.45, 7) is 3.67. The van der Waals surface area contributed by atoms with Crippen LogP contribution in [-0.2, 0) is 10.0 Å². The minimum atomic E-state index is -3.68. The molecule has 0 saturated heterocycles. The van der Waals surface area contributed by atoms with E-state index < -0.39 is 10.0 Å². The number of nitrogens with two attached hydrogens (primary N) is 1. The van der Waals surface area contributed by atoms with Gasteiger partial charge in [-0.15, -0.1) is 0 Å². The van der Waals surface area contributed by atoms with Crippen LogP contribution < -0.4 is 15.2 Å². The molecule has 0 aliphatic rings. The van der Waals surface area contributed by atoms with Gasteiger partial charge in [-0.2, -0.15) is 0 Å². The molecule has 2 aromatic rings. The number of nitrogen functional groups attached to an aromatic ring is 1. The van der Waals surface area contributed by atoms with Crippen LogP contribution >= 0.6 is 0 Å². The number of sulfonamides is 1. The van der Waals surface area contributed by atoms with Gasteiger partial charge in [0.1, 0.15) is 5.75 Å². The number of methoxy groups -OCH3 is 1. The number of hydrogen-bond donors (Lipinski definition) is 2. The van der Waals surface area contributed by atoms with Crippen molar-refractivity contribution < 1.29 is 13.2 Å². The molecular weight excluding hydrogens is 288 g/mol. The van der Waals surface area contributed by atoms with E-state index in [1.165, 1.54) is 13.2 Å². The lowest BCUT2D eigenvalue weighted by atomic mass is 10.2.